The number of nitrogens with zero attached hydrogens (tertiary/aromatic N) is 2. The van der Waals surface area contributed by atoms with Crippen molar-refractivity contribution in [1.82, 2.24) is 15.1 Å². The van der Waals surface area contributed by atoms with Crippen molar-refractivity contribution in [3.8, 4) is 0 Å². The van der Waals surface area contributed by atoms with Crippen molar-refractivity contribution >= 4 is 5.97 Å². The normalized spacial score (nSPS) is 14.6. The number of aromatic nitrogens is 2. The number of hydrogen-bond donors (Lipinski definition) is 1. The van der Waals surface area contributed by atoms with Gasteiger partial charge < -0.3 is 4.74 Å². The Hall–Kier alpha value is -1.36. The van der Waals surface area contributed by atoms with Crippen molar-refractivity contribution in [1.29, 1.82) is 0 Å². The maximum atomic E-state index is 11.7. The van der Waals surface area contributed by atoms with E-state index >= 15 is 0 Å². The molecule has 0 bridgehead atoms. The number of aryl methyl sites for hydroxylation is 2. The average Bonchev–Trinajstić information content (AvgIpc) is 2.63. The van der Waals surface area contributed by atoms with Gasteiger partial charge in [-0.2, -0.15) is 5.10 Å². The van der Waals surface area contributed by atoms with Crippen LogP contribution in [0.3, 0.4) is 0 Å². The molecule has 0 fully saturated rings. The fourth-order valence-electron chi connectivity index (χ4n) is 2.06. The van der Waals surface area contributed by atoms with Crippen LogP contribution in [0.2, 0.25) is 0 Å². The van der Waals surface area contributed by atoms with Crippen LogP contribution < -0.4 is 5.32 Å². The molecule has 5 nitrogen and oxygen atoms in total. The lowest BCUT2D eigenvalue weighted by Crippen LogP contribution is -2.43. The van der Waals surface area contributed by atoms with Crippen LogP contribution in [-0.2, 0) is 16.6 Å². The fraction of sp³-hybridized carbons (Fsp3) is 0.692. The van der Waals surface area contributed by atoms with Gasteiger partial charge in [-0.1, -0.05) is 13.8 Å². The third-order valence-electron chi connectivity index (χ3n) is 3.07. The van der Waals surface area contributed by atoms with Gasteiger partial charge in [0, 0.05) is 24.8 Å². The molecule has 5 heteroatoms. The van der Waals surface area contributed by atoms with Crippen molar-refractivity contribution in [2.45, 2.75) is 39.8 Å². The summed E-state index contributed by atoms with van der Waals surface area (Å²) in [6.45, 7) is 7.99. The van der Waals surface area contributed by atoms with Gasteiger partial charge >= 0.3 is 5.97 Å². The molecule has 1 N–H and O–H groups in total. The molecule has 2 atom stereocenters. The zero-order valence-corrected chi connectivity index (χ0v) is 12.0. The molecule has 0 spiro atoms. The van der Waals surface area contributed by atoms with E-state index in [9.17, 15) is 4.79 Å². The molecule has 0 aliphatic carbocycles. The smallest absolute Gasteiger partial charge is 0.323 e. The predicted molar refractivity (Wildman–Crippen MR) is 70.1 cm³/mol. The molecule has 1 aromatic rings. The largest absolute Gasteiger partial charge is 0.468 e. The van der Waals surface area contributed by atoms with Gasteiger partial charge in [0.1, 0.15) is 6.04 Å². The first-order chi connectivity index (χ1) is 8.36. The van der Waals surface area contributed by atoms with Gasteiger partial charge in [0.15, 0.2) is 0 Å². The summed E-state index contributed by atoms with van der Waals surface area (Å²) in [5.74, 6) is -0.0460. The molecule has 102 valence electrons. The van der Waals surface area contributed by atoms with Crippen molar-refractivity contribution in [3.63, 3.8) is 0 Å². The molecule has 0 aromatic carbocycles. The summed E-state index contributed by atoms with van der Waals surface area (Å²) >= 11 is 0. The monoisotopic (exact) mass is 253 g/mol. The number of carbonyl (C=O) groups excluding carboxylic acids is 1. The van der Waals surface area contributed by atoms with Crippen LogP contribution in [0.4, 0.5) is 0 Å². The second-order valence-electron chi connectivity index (χ2n) is 4.98. The van der Waals surface area contributed by atoms with E-state index in [1.54, 1.807) is 4.68 Å². The summed E-state index contributed by atoms with van der Waals surface area (Å²) in [5.41, 5.74) is 2.08. The van der Waals surface area contributed by atoms with Crippen molar-refractivity contribution in [2.75, 3.05) is 7.11 Å². The average molecular weight is 253 g/mol. The molecule has 0 aliphatic rings. The zero-order chi connectivity index (χ0) is 13.9. The Morgan fingerprint density at radius 1 is 1.44 bits per heavy atom. The Balaban J connectivity index is 2.81. The Kier molecular flexibility index (Phi) is 4.90. The summed E-state index contributed by atoms with van der Waals surface area (Å²) in [6, 6.07) is -0.241. The number of carbonyl (C=O) groups is 1. The van der Waals surface area contributed by atoms with Crippen LogP contribution in [0.5, 0.6) is 0 Å². The zero-order valence-electron chi connectivity index (χ0n) is 12.0. The van der Waals surface area contributed by atoms with Gasteiger partial charge in [0.05, 0.1) is 12.8 Å². The summed E-state index contributed by atoms with van der Waals surface area (Å²) in [7, 11) is 3.31. The number of rotatable bonds is 5. The fourth-order valence-corrected chi connectivity index (χ4v) is 2.06. The molecular formula is C13H23N3O2. The quantitative estimate of drug-likeness (QED) is 0.809. The molecule has 0 radical (unpaired) electrons. The predicted octanol–water partition coefficient (Wildman–Crippen LogP) is 1.58. The second kappa shape index (κ2) is 6.00. The molecule has 2 unspecified atom stereocenters. The highest BCUT2D eigenvalue weighted by molar-refractivity contribution is 5.76. The molecule has 0 saturated heterocycles. The highest BCUT2D eigenvalue weighted by Gasteiger charge is 2.25. The lowest BCUT2D eigenvalue weighted by molar-refractivity contribution is -0.144. The van der Waals surface area contributed by atoms with Crippen LogP contribution in [0.25, 0.3) is 0 Å². The number of nitrogens with one attached hydrogen (secondary N) is 1. The van der Waals surface area contributed by atoms with Crippen LogP contribution in [0.1, 0.15) is 38.1 Å². The van der Waals surface area contributed by atoms with E-state index in [1.165, 1.54) is 7.11 Å². The van der Waals surface area contributed by atoms with E-state index < -0.39 is 0 Å². The highest BCUT2D eigenvalue weighted by Crippen LogP contribution is 2.18. The lowest BCUT2D eigenvalue weighted by Gasteiger charge is -2.24. The SMILES string of the molecule is COC(=O)C(NC(C)c1cn(C)nc1C)C(C)C. The standard InChI is InChI=1S/C13H23N3O2/c1-8(2)12(13(17)18-6)14-9(3)11-7-16(5)15-10(11)4/h7-9,12,14H,1-6H3. The third-order valence-corrected chi connectivity index (χ3v) is 3.07. The molecule has 0 saturated carbocycles. The van der Waals surface area contributed by atoms with Crippen molar-refractivity contribution in [2.24, 2.45) is 13.0 Å². The van der Waals surface area contributed by atoms with Gasteiger partial charge in [0.2, 0.25) is 0 Å². The van der Waals surface area contributed by atoms with Gasteiger partial charge in [-0.15, -0.1) is 0 Å². The summed E-state index contributed by atoms with van der Waals surface area (Å²) in [4.78, 5) is 11.7. The highest BCUT2D eigenvalue weighted by atomic mass is 16.5. The summed E-state index contributed by atoms with van der Waals surface area (Å²) < 4.78 is 6.61. The molecular weight excluding hydrogens is 230 g/mol. The number of hydrogen-bond acceptors (Lipinski definition) is 4. The van der Waals surface area contributed by atoms with Gasteiger partial charge in [0.25, 0.3) is 0 Å². The third kappa shape index (κ3) is 3.32. The maximum absolute atomic E-state index is 11.7. The Labute approximate surface area is 109 Å². The number of esters is 1. The lowest BCUT2D eigenvalue weighted by atomic mass is 10.0. The number of ether oxygens (including phenoxy) is 1. The van der Waals surface area contributed by atoms with E-state index in [0.717, 1.165) is 11.3 Å². The Morgan fingerprint density at radius 2 is 2.06 bits per heavy atom. The van der Waals surface area contributed by atoms with Crippen molar-refractivity contribution < 1.29 is 9.53 Å². The maximum Gasteiger partial charge on any atom is 0.323 e. The van der Waals surface area contributed by atoms with Crippen molar-refractivity contribution in [3.05, 3.63) is 17.5 Å². The Morgan fingerprint density at radius 3 is 2.44 bits per heavy atom. The minimum absolute atomic E-state index is 0.0604. The topological polar surface area (TPSA) is 56.1 Å². The molecule has 1 rings (SSSR count). The first-order valence-electron chi connectivity index (χ1n) is 6.20. The van der Waals surface area contributed by atoms with Gasteiger partial charge in [-0.05, 0) is 19.8 Å². The van der Waals surface area contributed by atoms with Crippen LogP contribution >= 0.6 is 0 Å². The molecule has 1 aromatic heterocycles. The van der Waals surface area contributed by atoms with E-state index in [0.29, 0.717) is 0 Å². The minimum Gasteiger partial charge on any atom is -0.468 e. The van der Waals surface area contributed by atoms with E-state index in [2.05, 4.69) is 10.4 Å². The van der Waals surface area contributed by atoms with Crippen LogP contribution in [-0.4, -0.2) is 28.9 Å². The van der Waals surface area contributed by atoms with Crippen LogP contribution in [0, 0.1) is 12.8 Å². The van der Waals surface area contributed by atoms with E-state index in [-0.39, 0.29) is 24.0 Å². The number of methoxy groups -OCH3 is 1. The Bertz CT molecular complexity index is 412. The summed E-state index contributed by atoms with van der Waals surface area (Å²) in [6.07, 6.45) is 1.97. The minimum atomic E-state index is -0.301. The first kappa shape index (κ1) is 14.7. The second-order valence-corrected chi connectivity index (χ2v) is 4.98. The molecule has 0 amide bonds. The molecule has 18 heavy (non-hydrogen) atoms. The molecule has 0 aliphatic heterocycles. The van der Waals surface area contributed by atoms with Gasteiger partial charge in [-0.25, -0.2) is 0 Å². The first-order valence-corrected chi connectivity index (χ1v) is 6.20. The molecule has 1 heterocycles. The van der Waals surface area contributed by atoms with Crippen LogP contribution in [0.15, 0.2) is 6.20 Å². The summed E-state index contributed by atoms with van der Waals surface area (Å²) in [5, 5.41) is 7.62. The van der Waals surface area contributed by atoms with Gasteiger partial charge in [-0.3, -0.25) is 14.8 Å². The van der Waals surface area contributed by atoms with E-state index in [1.807, 2.05) is 40.9 Å². The van der Waals surface area contributed by atoms with E-state index in [4.69, 9.17) is 4.74 Å².